The van der Waals surface area contributed by atoms with Crippen LogP contribution in [0.2, 0.25) is 0 Å². The van der Waals surface area contributed by atoms with Crippen LogP contribution in [0.3, 0.4) is 0 Å². The molecular formula is C22H29BrN4O2. The number of piperidine rings is 1. The quantitative estimate of drug-likeness (QED) is 0.746. The number of hydrogen-bond donors (Lipinski definition) is 1. The van der Waals surface area contributed by atoms with E-state index in [1.54, 1.807) is 0 Å². The van der Waals surface area contributed by atoms with Gasteiger partial charge in [0.25, 0.3) is 0 Å². The maximum Gasteiger partial charge on any atom is 0.409 e. The number of carbonyl (C=O) groups excluding carboxylic acids is 1. The molecule has 0 unspecified atom stereocenters. The first-order chi connectivity index (χ1) is 14.0. The number of likely N-dealkylation sites (N-methyl/N-ethyl adjacent to an activating group) is 2. The topological polar surface area (TPSA) is 51.8 Å². The molecule has 6 nitrogen and oxygen atoms in total. The lowest BCUT2D eigenvalue weighted by Gasteiger charge is -2.45. The van der Waals surface area contributed by atoms with Crippen molar-refractivity contribution in [2.45, 2.75) is 24.8 Å². The molecule has 3 aliphatic rings. The summed E-state index contributed by atoms with van der Waals surface area (Å²) in [5.41, 5.74) is 4.07. The lowest BCUT2D eigenvalue weighted by atomic mass is 9.72. The number of likely N-dealkylation sites (tertiary alicyclic amines) is 1. The molecule has 2 aliphatic heterocycles. The van der Waals surface area contributed by atoms with Gasteiger partial charge in [0.1, 0.15) is 0 Å². The van der Waals surface area contributed by atoms with Crippen LogP contribution in [-0.4, -0.2) is 85.2 Å². The monoisotopic (exact) mass is 460 g/mol. The summed E-state index contributed by atoms with van der Waals surface area (Å²) >= 11 is 3.73. The van der Waals surface area contributed by atoms with Gasteiger partial charge in [0.15, 0.2) is 0 Å². The Balaban J connectivity index is 1.30. The van der Waals surface area contributed by atoms with Gasteiger partial charge in [-0.2, -0.15) is 0 Å². The summed E-state index contributed by atoms with van der Waals surface area (Å²) in [7, 11) is 4.31. The van der Waals surface area contributed by atoms with Crippen LogP contribution >= 0.6 is 15.9 Å². The van der Waals surface area contributed by atoms with Crippen molar-refractivity contribution in [2.24, 2.45) is 5.92 Å². The summed E-state index contributed by atoms with van der Waals surface area (Å²) in [5, 5.41) is 1.39. The molecule has 5 rings (SSSR count). The third kappa shape index (κ3) is 3.47. The molecule has 0 spiro atoms. The first-order valence-corrected chi connectivity index (χ1v) is 11.4. The number of ether oxygens (including phenoxy) is 1. The van der Waals surface area contributed by atoms with Crippen molar-refractivity contribution in [3.8, 4) is 0 Å². The number of rotatable bonds is 2. The predicted octanol–water partition coefficient (Wildman–Crippen LogP) is 3.27. The van der Waals surface area contributed by atoms with E-state index in [1.807, 2.05) is 4.90 Å². The van der Waals surface area contributed by atoms with Gasteiger partial charge in [-0.1, -0.05) is 12.1 Å². The van der Waals surface area contributed by atoms with Crippen LogP contribution in [0.5, 0.6) is 0 Å². The second kappa shape index (κ2) is 7.60. The van der Waals surface area contributed by atoms with Gasteiger partial charge in [-0.05, 0) is 60.1 Å². The Morgan fingerprint density at radius 1 is 1.24 bits per heavy atom. The molecule has 3 heterocycles. The molecule has 2 fully saturated rings. The van der Waals surface area contributed by atoms with Crippen molar-refractivity contribution in [3.05, 3.63) is 33.9 Å². The second-order valence-corrected chi connectivity index (χ2v) is 9.77. The zero-order valence-corrected chi connectivity index (χ0v) is 18.7. The molecule has 1 aliphatic carbocycles. The van der Waals surface area contributed by atoms with E-state index in [-0.39, 0.29) is 6.09 Å². The number of nitrogens with one attached hydrogen (secondary N) is 1. The molecule has 0 radical (unpaired) electrons. The summed E-state index contributed by atoms with van der Waals surface area (Å²) in [5.74, 6) is 0.858. The van der Waals surface area contributed by atoms with E-state index in [0.29, 0.717) is 24.5 Å². The van der Waals surface area contributed by atoms with E-state index >= 15 is 0 Å². The van der Waals surface area contributed by atoms with Gasteiger partial charge in [-0.15, -0.1) is 0 Å². The summed E-state index contributed by atoms with van der Waals surface area (Å²) in [4.78, 5) is 22.6. The highest BCUT2D eigenvalue weighted by molar-refractivity contribution is 9.10. The second-order valence-electron chi connectivity index (χ2n) is 8.97. The van der Waals surface area contributed by atoms with Crippen molar-refractivity contribution in [2.75, 3.05) is 53.4 Å². The molecule has 7 heteroatoms. The highest BCUT2D eigenvalue weighted by Crippen LogP contribution is 2.46. The fraction of sp³-hybridized carbons (Fsp3) is 0.591. The van der Waals surface area contributed by atoms with Crippen molar-refractivity contribution in [1.82, 2.24) is 19.7 Å². The molecule has 29 heavy (non-hydrogen) atoms. The van der Waals surface area contributed by atoms with Gasteiger partial charge in [-0.3, -0.25) is 0 Å². The molecule has 0 saturated carbocycles. The highest BCUT2D eigenvalue weighted by Gasteiger charge is 2.40. The van der Waals surface area contributed by atoms with Crippen molar-refractivity contribution in [3.63, 3.8) is 0 Å². The van der Waals surface area contributed by atoms with E-state index in [4.69, 9.17) is 4.74 Å². The summed E-state index contributed by atoms with van der Waals surface area (Å²) in [6, 6.07) is 7.11. The normalized spacial score (nSPS) is 27.8. The van der Waals surface area contributed by atoms with Crippen LogP contribution in [0.1, 0.15) is 23.5 Å². The van der Waals surface area contributed by atoms with Gasteiger partial charge in [-0.25, -0.2) is 4.79 Å². The van der Waals surface area contributed by atoms with Gasteiger partial charge in [0.05, 0.1) is 11.2 Å². The maximum atomic E-state index is 12.5. The van der Waals surface area contributed by atoms with Crippen molar-refractivity contribution < 1.29 is 9.53 Å². The number of H-pyrrole nitrogens is 1. The largest absolute Gasteiger partial charge is 0.449 e. The Morgan fingerprint density at radius 3 is 2.83 bits per heavy atom. The van der Waals surface area contributed by atoms with Crippen LogP contribution in [0.25, 0.3) is 10.9 Å². The van der Waals surface area contributed by atoms with Gasteiger partial charge in [0.2, 0.25) is 0 Å². The molecule has 1 amide bonds. The first kappa shape index (κ1) is 19.4. The fourth-order valence-electron chi connectivity index (χ4n) is 5.49. The van der Waals surface area contributed by atoms with E-state index in [1.165, 1.54) is 22.0 Å². The Kier molecular flexibility index (Phi) is 5.08. The van der Waals surface area contributed by atoms with E-state index < -0.39 is 0 Å². The number of aromatic amines is 1. The van der Waals surface area contributed by atoms with E-state index in [0.717, 1.165) is 50.2 Å². The van der Waals surface area contributed by atoms with Crippen LogP contribution in [0, 0.1) is 5.92 Å². The Morgan fingerprint density at radius 2 is 2.03 bits per heavy atom. The van der Waals surface area contributed by atoms with Crippen LogP contribution in [-0.2, 0) is 11.2 Å². The average molecular weight is 461 g/mol. The smallest absolute Gasteiger partial charge is 0.409 e. The molecule has 1 N–H and O–H groups in total. The minimum atomic E-state index is -0.148. The minimum Gasteiger partial charge on any atom is -0.449 e. The Hall–Kier alpha value is -1.57. The molecule has 0 bridgehead atoms. The lowest BCUT2D eigenvalue weighted by Crippen LogP contribution is -2.50. The number of aromatic nitrogens is 1. The van der Waals surface area contributed by atoms with E-state index in [9.17, 15) is 4.79 Å². The molecular weight excluding hydrogens is 432 g/mol. The Labute approximate surface area is 180 Å². The SMILES string of the molecule is CN1CCN(C(=O)OC[C@@H]2C[C@@H]3c4cccc5[nH]c(Br)c(c45)C[C@H]3N(C)C2)CC1. The Bertz CT molecular complexity index is 921. The van der Waals surface area contributed by atoms with Crippen LogP contribution < -0.4 is 0 Å². The third-order valence-electron chi connectivity index (χ3n) is 7.09. The number of fused-ring (bicyclic) bond motifs is 2. The van der Waals surface area contributed by atoms with Gasteiger partial charge in [0, 0.05) is 61.5 Å². The maximum absolute atomic E-state index is 12.5. The fourth-order valence-corrected chi connectivity index (χ4v) is 6.06. The van der Waals surface area contributed by atoms with Gasteiger partial charge < -0.3 is 24.4 Å². The van der Waals surface area contributed by atoms with Gasteiger partial charge >= 0.3 is 6.09 Å². The third-order valence-corrected chi connectivity index (χ3v) is 7.77. The van der Waals surface area contributed by atoms with E-state index in [2.05, 4.69) is 63.0 Å². The average Bonchev–Trinajstić information content (AvgIpc) is 3.04. The molecule has 3 atom stereocenters. The molecule has 156 valence electrons. The number of halogens is 1. The molecule has 1 aromatic heterocycles. The summed E-state index contributed by atoms with van der Waals surface area (Å²) < 4.78 is 6.88. The number of nitrogens with zero attached hydrogens (tertiary/aromatic N) is 3. The molecule has 2 aromatic rings. The lowest BCUT2D eigenvalue weighted by molar-refractivity contribution is 0.0399. The number of carbonyl (C=O) groups is 1. The zero-order chi connectivity index (χ0) is 20.1. The zero-order valence-electron chi connectivity index (χ0n) is 17.2. The van der Waals surface area contributed by atoms with Crippen molar-refractivity contribution in [1.29, 1.82) is 0 Å². The number of amides is 1. The molecule has 2 saturated heterocycles. The van der Waals surface area contributed by atoms with Crippen molar-refractivity contribution >= 4 is 32.9 Å². The molecule has 1 aromatic carbocycles. The standard InChI is InChI=1S/C22H29BrN4O2/c1-25-6-8-27(9-7-25)22(28)29-13-14-10-16-15-4-3-5-18-20(15)17(21(23)24-18)11-19(16)26(2)12-14/h3-5,14,16,19,24H,6-13H2,1-2H3/t14-,16-,19-/m1/s1. The highest BCUT2D eigenvalue weighted by atomic mass is 79.9. The summed E-state index contributed by atoms with van der Waals surface area (Å²) in [6.07, 6.45) is 1.99. The minimum absolute atomic E-state index is 0.148. The number of benzene rings is 1. The number of hydrogen-bond acceptors (Lipinski definition) is 4. The van der Waals surface area contributed by atoms with Crippen LogP contribution in [0.4, 0.5) is 4.79 Å². The first-order valence-electron chi connectivity index (χ1n) is 10.6. The van der Waals surface area contributed by atoms with Crippen LogP contribution in [0.15, 0.2) is 22.8 Å². The number of piperazine rings is 1. The predicted molar refractivity (Wildman–Crippen MR) is 117 cm³/mol. The summed E-state index contributed by atoms with van der Waals surface area (Å²) in [6.45, 7) is 4.85.